The molecule has 1 heteroatoms. The molecule has 5 atom stereocenters. The molecule has 0 spiro atoms. The van der Waals surface area contributed by atoms with Crippen LogP contribution in [0.4, 0.5) is 0 Å². The second kappa shape index (κ2) is 4.76. The van der Waals surface area contributed by atoms with Crippen LogP contribution in [-0.2, 0) is 0 Å². The van der Waals surface area contributed by atoms with E-state index in [1.54, 1.807) is 0 Å². The summed E-state index contributed by atoms with van der Waals surface area (Å²) in [6.45, 7) is 11.4. The van der Waals surface area contributed by atoms with E-state index >= 15 is 0 Å². The molecule has 0 radical (unpaired) electrons. The summed E-state index contributed by atoms with van der Waals surface area (Å²) >= 11 is 0. The lowest BCUT2D eigenvalue weighted by Crippen LogP contribution is -2.49. The molecule has 5 unspecified atom stereocenters. The Hall–Kier alpha value is -0.300. The number of nitrogens with zero attached hydrogens (tertiary/aromatic N) is 1. The van der Waals surface area contributed by atoms with Gasteiger partial charge >= 0.3 is 0 Å². The normalized spacial score (nSPS) is 46.4. The average molecular weight is 234 g/mol. The molecule has 2 aliphatic carbocycles. The summed E-state index contributed by atoms with van der Waals surface area (Å²) in [5, 5.41) is 4.77. The highest BCUT2D eigenvalue weighted by atomic mass is 14.9. The smallest absolute Gasteiger partial charge is 0.0308 e. The first kappa shape index (κ1) is 13.1. The zero-order chi connectivity index (χ0) is 12.6. The van der Waals surface area contributed by atoms with E-state index in [9.17, 15) is 0 Å². The lowest BCUT2D eigenvalue weighted by molar-refractivity contribution is -0.000624. The molecule has 0 aromatic carbocycles. The molecule has 0 aliphatic heterocycles. The number of rotatable bonds is 2. The summed E-state index contributed by atoms with van der Waals surface area (Å²) in [7, 11) is 2.02. The highest BCUT2D eigenvalue weighted by Gasteiger charge is 2.46. The predicted octanol–water partition coefficient (Wildman–Crippen LogP) is 4.79. The van der Waals surface area contributed by atoms with Gasteiger partial charge in [0.15, 0.2) is 0 Å². The van der Waals surface area contributed by atoms with Gasteiger partial charge in [-0.1, -0.05) is 38.8 Å². The summed E-state index contributed by atoms with van der Waals surface area (Å²) in [5.41, 5.74) is 1.90. The summed E-state index contributed by atoms with van der Waals surface area (Å²) in [6.07, 6.45) is 6.91. The van der Waals surface area contributed by atoms with Gasteiger partial charge in [0.25, 0.3) is 0 Å². The molecule has 2 aliphatic rings. The van der Waals surface area contributed by atoms with Crippen LogP contribution in [0.25, 0.3) is 5.32 Å². The molecule has 17 heavy (non-hydrogen) atoms. The summed E-state index contributed by atoms with van der Waals surface area (Å²) < 4.78 is 0. The Bertz CT molecular complexity index is 296. The fourth-order valence-corrected chi connectivity index (χ4v) is 4.69. The molecule has 0 aromatic heterocycles. The first-order chi connectivity index (χ1) is 7.99. The number of fused-ring (bicyclic) bond motifs is 1. The summed E-state index contributed by atoms with van der Waals surface area (Å²) in [5.74, 6) is 2.26. The molecule has 0 N–H and O–H groups in total. The van der Waals surface area contributed by atoms with Crippen LogP contribution in [0.15, 0.2) is 12.2 Å². The van der Waals surface area contributed by atoms with Gasteiger partial charge in [-0.3, -0.25) is 0 Å². The van der Waals surface area contributed by atoms with Gasteiger partial charge in [-0.2, -0.15) is 7.05 Å². The van der Waals surface area contributed by atoms with E-state index in [1.165, 1.54) is 37.7 Å². The molecule has 0 heterocycles. The molecule has 98 valence electrons. The third-order valence-corrected chi connectivity index (χ3v) is 5.56. The maximum atomic E-state index is 4.77. The molecule has 2 saturated carbocycles. The predicted molar refractivity (Wildman–Crippen MR) is 75.2 cm³/mol. The van der Waals surface area contributed by atoms with Crippen LogP contribution in [-0.4, -0.2) is 13.1 Å². The lowest BCUT2D eigenvalue weighted by atomic mass is 9.52. The second-order valence-corrected chi connectivity index (χ2v) is 6.79. The van der Waals surface area contributed by atoms with Gasteiger partial charge in [0.2, 0.25) is 0 Å². The van der Waals surface area contributed by atoms with Gasteiger partial charge in [0.1, 0.15) is 0 Å². The van der Waals surface area contributed by atoms with Crippen molar-refractivity contribution in [2.75, 3.05) is 7.05 Å². The van der Waals surface area contributed by atoms with Crippen LogP contribution >= 0.6 is 0 Å². The van der Waals surface area contributed by atoms with Crippen LogP contribution in [0.2, 0.25) is 0 Å². The maximum Gasteiger partial charge on any atom is -0.0308 e. The Morgan fingerprint density at radius 2 is 2.00 bits per heavy atom. The van der Waals surface area contributed by atoms with Crippen LogP contribution in [0.1, 0.15) is 52.9 Å². The van der Waals surface area contributed by atoms with Crippen LogP contribution in [0, 0.1) is 23.2 Å². The molecular weight excluding hydrogens is 206 g/mol. The number of hydrogen-bond acceptors (Lipinski definition) is 0. The first-order valence-electron chi connectivity index (χ1n) is 7.24. The van der Waals surface area contributed by atoms with Gasteiger partial charge in [-0.15, -0.1) is 6.04 Å². The van der Waals surface area contributed by atoms with Crippen LogP contribution in [0.3, 0.4) is 0 Å². The Morgan fingerprint density at radius 1 is 1.29 bits per heavy atom. The molecule has 1 nitrogen and oxygen atoms in total. The van der Waals surface area contributed by atoms with Crippen molar-refractivity contribution in [1.82, 2.24) is 0 Å². The van der Waals surface area contributed by atoms with E-state index in [4.69, 9.17) is 5.32 Å². The topological polar surface area (TPSA) is 14.1 Å². The van der Waals surface area contributed by atoms with Gasteiger partial charge in [0.05, 0.1) is 0 Å². The zero-order valence-corrected chi connectivity index (χ0v) is 12.0. The van der Waals surface area contributed by atoms with Crippen molar-refractivity contribution in [3.05, 3.63) is 17.5 Å². The van der Waals surface area contributed by atoms with Crippen molar-refractivity contribution in [3.8, 4) is 0 Å². The molecule has 0 bridgehead atoms. The van der Waals surface area contributed by atoms with Crippen molar-refractivity contribution in [2.24, 2.45) is 23.2 Å². The fourth-order valence-electron chi connectivity index (χ4n) is 4.69. The monoisotopic (exact) mass is 234 g/mol. The largest absolute Gasteiger partial charge is 0.662 e. The Kier molecular flexibility index (Phi) is 3.68. The maximum absolute atomic E-state index is 4.77. The molecule has 0 aromatic rings. The van der Waals surface area contributed by atoms with Crippen molar-refractivity contribution >= 4 is 0 Å². The summed E-state index contributed by atoms with van der Waals surface area (Å²) in [6, 6.07) is 0.529. The first-order valence-corrected chi connectivity index (χ1v) is 7.24. The highest BCUT2D eigenvalue weighted by Crippen LogP contribution is 2.56. The SMILES string of the molecule is C=C(C)C1CCC2(C)CCCC(C)C2C1[N-]C. The van der Waals surface area contributed by atoms with E-state index in [1.807, 2.05) is 7.05 Å². The van der Waals surface area contributed by atoms with Gasteiger partial charge in [-0.25, -0.2) is 0 Å². The molecule has 2 fully saturated rings. The minimum atomic E-state index is 0.529. The lowest BCUT2D eigenvalue weighted by Gasteiger charge is -2.60. The Labute approximate surface area is 107 Å². The van der Waals surface area contributed by atoms with Crippen LogP contribution < -0.4 is 0 Å². The van der Waals surface area contributed by atoms with Gasteiger partial charge in [0, 0.05) is 0 Å². The number of hydrogen-bond donors (Lipinski definition) is 0. The van der Waals surface area contributed by atoms with Gasteiger partial charge < -0.3 is 5.32 Å². The van der Waals surface area contributed by atoms with Gasteiger partial charge in [-0.05, 0) is 49.4 Å². The van der Waals surface area contributed by atoms with Crippen molar-refractivity contribution in [1.29, 1.82) is 0 Å². The van der Waals surface area contributed by atoms with E-state index < -0.39 is 0 Å². The minimum absolute atomic E-state index is 0.529. The average Bonchev–Trinajstić information content (AvgIpc) is 2.26. The zero-order valence-electron chi connectivity index (χ0n) is 12.0. The standard InChI is InChI=1S/C16H28N/c1-11(2)13-8-10-16(4)9-6-7-12(3)14(16)15(13)17-5/h12-15H,1,6-10H2,2-5H3/q-1. The Balaban J connectivity index is 2.28. The minimum Gasteiger partial charge on any atom is -0.662 e. The van der Waals surface area contributed by atoms with E-state index in [0.29, 0.717) is 17.4 Å². The van der Waals surface area contributed by atoms with E-state index in [2.05, 4.69) is 27.4 Å². The Morgan fingerprint density at radius 3 is 2.59 bits per heavy atom. The summed E-state index contributed by atoms with van der Waals surface area (Å²) in [4.78, 5) is 0. The van der Waals surface area contributed by atoms with Crippen LogP contribution in [0.5, 0.6) is 0 Å². The third kappa shape index (κ3) is 2.19. The molecular formula is C16H28N-. The van der Waals surface area contributed by atoms with E-state index in [0.717, 1.165) is 11.8 Å². The molecule has 0 saturated heterocycles. The molecule has 0 amide bonds. The quantitative estimate of drug-likeness (QED) is 0.610. The van der Waals surface area contributed by atoms with Crippen molar-refractivity contribution in [2.45, 2.75) is 58.9 Å². The molecule has 2 rings (SSSR count). The highest BCUT2D eigenvalue weighted by molar-refractivity contribution is 5.16. The van der Waals surface area contributed by atoms with E-state index in [-0.39, 0.29) is 0 Å². The fraction of sp³-hybridized carbons (Fsp3) is 0.875. The van der Waals surface area contributed by atoms with Crippen molar-refractivity contribution < 1.29 is 0 Å². The van der Waals surface area contributed by atoms with Crippen molar-refractivity contribution in [3.63, 3.8) is 0 Å². The third-order valence-electron chi connectivity index (χ3n) is 5.56. The second-order valence-electron chi connectivity index (χ2n) is 6.79.